The molecule has 2 aliphatic rings. The number of amides is 2. The maximum atomic E-state index is 12.2. The van der Waals surface area contributed by atoms with Crippen molar-refractivity contribution in [2.24, 2.45) is 4.99 Å². The molecule has 2 heterocycles. The van der Waals surface area contributed by atoms with E-state index in [-0.39, 0.29) is 18.2 Å². The molecule has 1 fully saturated rings. The van der Waals surface area contributed by atoms with E-state index in [1.807, 2.05) is 0 Å². The molecule has 2 aromatic carbocycles. The van der Waals surface area contributed by atoms with Crippen molar-refractivity contribution in [1.82, 2.24) is 5.32 Å². The number of ether oxygens (including phenoxy) is 2. The van der Waals surface area contributed by atoms with E-state index in [1.165, 1.54) is 11.8 Å². The van der Waals surface area contributed by atoms with Crippen LogP contribution in [0.25, 0.3) is 0 Å². The van der Waals surface area contributed by atoms with Gasteiger partial charge in [-0.3, -0.25) is 9.59 Å². The van der Waals surface area contributed by atoms with Gasteiger partial charge in [-0.1, -0.05) is 23.4 Å². The van der Waals surface area contributed by atoms with Crippen molar-refractivity contribution in [3.8, 4) is 11.5 Å². The fraction of sp³-hybridized carbons (Fsp3) is 0.211. The van der Waals surface area contributed by atoms with E-state index in [4.69, 9.17) is 21.1 Å². The van der Waals surface area contributed by atoms with Crippen molar-refractivity contribution in [2.45, 2.75) is 11.7 Å². The van der Waals surface area contributed by atoms with Gasteiger partial charge in [0, 0.05) is 23.2 Å². The maximum absolute atomic E-state index is 12.2. The van der Waals surface area contributed by atoms with Crippen molar-refractivity contribution < 1.29 is 19.1 Å². The Labute approximate surface area is 170 Å². The summed E-state index contributed by atoms with van der Waals surface area (Å²) < 4.78 is 11.0. The smallest absolute Gasteiger partial charge is 0.240 e. The van der Waals surface area contributed by atoms with Crippen LogP contribution in [-0.4, -0.2) is 35.4 Å². The number of carbonyl (C=O) groups is 2. The molecule has 0 saturated carbocycles. The minimum atomic E-state index is -0.539. The van der Waals surface area contributed by atoms with Gasteiger partial charge in [0.1, 0.15) is 18.5 Å². The number of nitrogens with zero attached hydrogens (tertiary/aromatic N) is 1. The van der Waals surface area contributed by atoms with Gasteiger partial charge in [0.15, 0.2) is 16.7 Å². The number of nitrogens with one attached hydrogen (secondary N) is 2. The van der Waals surface area contributed by atoms with Gasteiger partial charge in [-0.15, -0.1) is 0 Å². The molecular formula is C19H16ClN3O4S. The summed E-state index contributed by atoms with van der Waals surface area (Å²) in [4.78, 5) is 28.8. The highest BCUT2D eigenvalue weighted by Crippen LogP contribution is 2.34. The number of halogens is 1. The number of thioether (sulfide) groups is 1. The molecule has 7 nitrogen and oxygen atoms in total. The first-order chi connectivity index (χ1) is 13.6. The number of hydrogen-bond donors (Lipinski definition) is 2. The molecule has 28 heavy (non-hydrogen) atoms. The SMILES string of the molecule is O=C(C[C@H]1SC(=Nc2ccc3c(c2)OCCO3)NC1=O)Nc1ccc(Cl)cc1. The molecule has 144 valence electrons. The summed E-state index contributed by atoms with van der Waals surface area (Å²) in [6, 6.07) is 12.1. The van der Waals surface area contributed by atoms with Crippen LogP contribution in [0.3, 0.4) is 0 Å². The molecule has 2 amide bonds. The summed E-state index contributed by atoms with van der Waals surface area (Å²) in [5, 5.41) is 5.97. The normalized spacial score (nSPS) is 19.4. The number of carbonyl (C=O) groups excluding carboxylic acids is 2. The minimum Gasteiger partial charge on any atom is -0.486 e. The van der Waals surface area contributed by atoms with Gasteiger partial charge in [0.25, 0.3) is 0 Å². The van der Waals surface area contributed by atoms with Gasteiger partial charge in [-0.25, -0.2) is 4.99 Å². The van der Waals surface area contributed by atoms with E-state index in [0.29, 0.717) is 46.3 Å². The summed E-state index contributed by atoms with van der Waals surface area (Å²) in [6.07, 6.45) is 0.0410. The fourth-order valence-electron chi connectivity index (χ4n) is 2.72. The summed E-state index contributed by atoms with van der Waals surface area (Å²) in [5.41, 5.74) is 1.27. The predicted octanol–water partition coefficient (Wildman–Crippen LogP) is 3.36. The molecule has 2 N–H and O–H groups in total. The zero-order valence-electron chi connectivity index (χ0n) is 14.6. The fourth-order valence-corrected chi connectivity index (χ4v) is 3.84. The van der Waals surface area contributed by atoms with Crippen LogP contribution >= 0.6 is 23.4 Å². The lowest BCUT2D eigenvalue weighted by Crippen LogP contribution is -2.28. The van der Waals surface area contributed by atoms with Crippen molar-refractivity contribution >= 4 is 51.7 Å². The van der Waals surface area contributed by atoms with Crippen LogP contribution in [0.5, 0.6) is 11.5 Å². The molecule has 0 unspecified atom stereocenters. The van der Waals surface area contributed by atoms with Crippen molar-refractivity contribution in [2.75, 3.05) is 18.5 Å². The van der Waals surface area contributed by atoms with Gasteiger partial charge >= 0.3 is 0 Å². The number of amidine groups is 1. The third kappa shape index (κ3) is 4.40. The highest BCUT2D eigenvalue weighted by atomic mass is 35.5. The minimum absolute atomic E-state index is 0.0410. The lowest BCUT2D eigenvalue weighted by atomic mass is 10.2. The van der Waals surface area contributed by atoms with Crippen LogP contribution in [0.4, 0.5) is 11.4 Å². The van der Waals surface area contributed by atoms with E-state index < -0.39 is 5.25 Å². The molecule has 1 saturated heterocycles. The quantitative estimate of drug-likeness (QED) is 0.796. The molecule has 2 aliphatic heterocycles. The Kier molecular flexibility index (Phi) is 5.40. The van der Waals surface area contributed by atoms with Crippen LogP contribution in [0.1, 0.15) is 6.42 Å². The molecule has 0 aliphatic carbocycles. The Balaban J connectivity index is 1.38. The van der Waals surface area contributed by atoms with E-state index >= 15 is 0 Å². The summed E-state index contributed by atoms with van der Waals surface area (Å²) >= 11 is 7.06. The third-order valence-corrected chi connectivity index (χ3v) is 5.37. The van der Waals surface area contributed by atoms with Gasteiger partial charge in [-0.05, 0) is 36.4 Å². The average Bonchev–Trinajstić information content (AvgIpc) is 3.02. The average molecular weight is 418 g/mol. The number of aliphatic imine (C=N–C) groups is 1. The van der Waals surface area contributed by atoms with Crippen LogP contribution in [0.2, 0.25) is 5.02 Å². The second kappa shape index (κ2) is 8.12. The largest absolute Gasteiger partial charge is 0.486 e. The Morgan fingerprint density at radius 3 is 2.71 bits per heavy atom. The molecule has 2 aromatic rings. The van der Waals surface area contributed by atoms with Crippen molar-refractivity contribution in [1.29, 1.82) is 0 Å². The summed E-state index contributed by atoms with van der Waals surface area (Å²) in [6.45, 7) is 1.01. The Morgan fingerprint density at radius 1 is 1.18 bits per heavy atom. The molecule has 4 rings (SSSR count). The number of anilines is 1. The Morgan fingerprint density at radius 2 is 1.93 bits per heavy atom. The van der Waals surface area contributed by atoms with Gasteiger partial charge in [0.2, 0.25) is 11.8 Å². The second-order valence-corrected chi connectivity index (χ2v) is 7.73. The summed E-state index contributed by atoms with van der Waals surface area (Å²) in [7, 11) is 0. The topological polar surface area (TPSA) is 89.0 Å². The zero-order chi connectivity index (χ0) is 19.5. The molecule has 9 heteroatoms. The molecule has 0 spiro atoms. The van der Waals surface area contributed by atoms with E-state index in [1.54, 1.807) is 42.5 Å². The first kappa shape index (κ1) is 18.6. The number of rotatable bonds is 4. The van der Waals surface area contributed by atoms with E-state index in [0.717, 1.165) is 0 Å². The number of fused-ring (bicyclic) bond motifs is 1. The van der Waals surface area contributed by atoms with Gasteiger partial charge in [-0.2, -0.15) is 0 Å². The van der Waals surface area contributed by atoms with Crippen LogP contribution < -0.4 is 20.1 Å². The molecule has 0 radical (unpaired) electrons. The predicted molar refractivity (Wildman–Crippen MR) is 109 cm³/mol. The standard InChI is InChI=1S/C19H16ClN3O4S/c20-11-1-3-12(4-2-11)21-17(24)10-16-18(25)23-19(28-16)22-13-5-6-14-15(9-13)27-8-7-26-14/h1-6,9,16H,7-8,10H2,(H,21,24)(H,22,23,25)/t16-/m1/s1. The maximum Gasteiger partial charge on any atom is 0.240 e. The Hall–Kier alpha value is -2.71. The lowest BCUT2D eigenvalue weighted by molar-refractivity contribution is -0.122. The molecule has 0 bridgehead atoms. The first-order valence-electron chi connectivity index (χ1n) is 8.58. The van der Waals surface area contributed by atoms with Crippen LogP contribution in [-0.2, 0) is 9.59 Å². The Bertz CT molecular complexity index is 949. The van der Waals surface area contributed by atoms with Crippen molar-refractivity contribution in [3.05, 3.63) is 47.5 Å². The highest BCUT2D eigenvalue weighted by Gasteiger charge is 2.32. The zero-order valence-corrected chi connectivity index (χ0v) is 16.2. The lowest BCUT2D eigenvalue weighted by Gasteiger charge is -2.18. The number of benzene rings is 2. The molecule has 0 aromatic heterocycles. The molecular weight excluding hydrogens is 402 g/mol. The first-order valence-corrected chi connectivity index (χ1v) is 9.84. The van der Waals surface area contributed by atoms with E-state index in [9.17, 15) is 9.59 Å². The second-order valence-electron chi connectivity index (χ2n) is 6.10. The highest BCUT2D eigenvalue weighted by molar-refractivity contribution is 8.15. The third-order valence-electron chi connectivity index (χ3n) is 4.03. The van der Waals surface area contributed by atoms with Crippen LogP contribution in [0, 0.1) is 0 Å². The van der Waals surface area contributed by atoms with Gasteiger partial charge in [0.05, 0.1) is 5.69 Å². The summed E-state index contributed by atoms with van der Waals surface area (Å²) in [5.74, 6) is 0.805. The monoisotopic (exact) mass is 417 g/mol. The van der Waals surface area contributed by atoms with Crippen LogP contribution in [0.15, 0.2) is 47.5 Å². The van der Waals surface area contributed by atoms with Gasteiger partial charge < -0.3 is 20.1 Å². The van der Waals surface area contributed by atoms with E-state index in [2.05, 4.69) is 15.6 Å². The number of hydrogen-bond acceptors (Lipinski definition) is 6. The molecule has 1 atom stereocenters. The van der Waals surface area contributed by atoms with Crippen molar-refractivity contribution in [3.63, 3.8) is 0 Å².